The molecule has 0 fully saturated rings. The molecule has 23 heavy (non-hydrogen) atoms. The molecule has 0 amide bonds. The van der Waals surface area contributed by atoms with E-state index in [1.165, 1.54) is 32.1 Å². The molecule has 0 bridgehead atoms. The predicted molar refractivity (Wildman–Crippen MR) is 90.9 cm³/mol. The van der Waals surface area contributed by atoms with E-state index >= 15 is 0 Å². The van der Waals surface area contributed by atoms with Crippen molar-refractivity contribution in [1.29, 1.82) is 0 Å². The number of aliphatic hydroxyl groups excluding tert-OH is 1. The van der Waals surface area contributed by atoms with Gasteiger partial charge in [0.1, 0.15) is 0 Å². The molecule has 1 atom stereocenters. The molecule has 4 nitrogen and oxygen atoms in total. The van der Waals surface area contributed by atoms with Crippen LogP contribution in [0.5, 0.6) is 0 Å². The molecule has 6 heteroatoms. The first-order chi connectivity index (χ1) is 10.5. The summed E-state index contributed by atoms with van der Waals surface area (Å²) in [6, 6.07) is 0. The molecule has 0 aliphatic rings. The van der Waals surface area contributed by atoms with Crippen molar-refractivity contribution in [1.82, 2.24) is 0 Å². The summed E-state index contributed by atoms with van der Waals surface area (Å²) in [5.74, 6) is 0. The van der Waals surface area contributed by atoms with Crippen molar-refractivity contribution in [3.05, 3.63) is 0 Å². The Morgan fingerprint density at radius 3 is 1.57 bits per heavy atom. The summed E-state index contributed by atoms with van der Waals surface area (Å²) < 4.78 is 33.9. The molecule has 0 aliphatic carbocycles. The van der Waals surface area contributed by atoms with Crippen molar-refractivity contribution in [3.8, 4) is 0 Å². The van der Waals surface area contributed by atoms with Crippen LogP contribution in [0.25, 0.3) is 0 Å². The topological polar surface area (TPSA) is 77.4 Å². The van der Waals surface area contributed by atoms with Gasteiger partial charge in [-0.05, 0) is 19.3 Å². The van der Waals surface area contributed by atoms with E-state index < -0.39 is 15.4 Å². The van der Waals surface area contributed by atoms with Crippen LogP contribution in [0.2, 0.25) is 0 Å². The van der Waals surface area contributed by atoms with E-state index in [-0.39, 0.29) is 36.2 Å². The monoisotopic (exact) mass is 358 g/mol. The minimum atomic E-state index is -4.16. The quantitative estimate of drug-likeness (QED) is 0.257. The molecule has 0 rings (SSSR count). The summed E-state index contributed by atoms with van der Waals surface area (Å²) in [5, 5.41) is 7.99. The van der Waals surface area contributed by atoms with E-state index in [1.807, 2.05) is 0 Å². The minimum Gasteiger partial charge on any atom is -0.748 e. The van der Waals surface area contributed by atoms with Crippen LogP contribution in [-0.4, -0.2) is 29.9 Å². The van der Waals surface area contributed by atoms with E-state index in [9.17, 15) is 13.0 Å². The van der Waals surface area contributed by atoms with Gasteiger partial charge in [-0.2, -0.15) is 0 Å². The third kappa shape index (κ3) is 17.5. The van der Waals surface area contributed by atoms with Crippen molar-refractivity contribution in [2.24, 2.45) is 0 Å². The number of unbranched alkanes of at least 4 members (excludes halogenated alkanes) is 10. The van der Waals surface area contributed by atoms with Gasteiger partial charge in [-0.15, -0.1) is 0 Å². The SMILES string of the molecule is CCCCCCCCCCC(CCCCCCO)S(=O)(=O)[O-].[Na+]. The summed E-state index contributed by atoms with van der Waals surface area (Å²) in [6.45, 7) is 2.38. The Morgan fingerprint density at radius 1 is 0.783 bits per heavy atom. The van der Waals surface area contributed by atoms with Gasteiger partial charge in [0.25, 0.3) is 0 Å². The standard InChI is InChI=1S/C17H36O4S.Na/c1-2-3-4-5-6-7-8-11-14-17(22(19,20)21)15-12-9-10-13-16-18;/h17-18H,2-16H2,1H3,(H,19,20,21);/q;+1/p-1. The molecule has 0 aromatic rings. The molecule has 0 aromatic carbocycles. The molecule has 134 valence electrons. The van der Waals surface area contributed by atoms with Crippen molar-refractivity contribution in [2.45, 2.75) is 102 Å². The van der Waals surface area contributed by atoms with Gasteiger partial charge < -0.3 is 9.66 Å². The molecule has 1 unspecified atom stereocenters. The summed E-state index contributed by atoms with van der Waals surface area (Å²) in [4.78, 5) is 0. The Bertz CT molecular complexity index is 333. The van der Waals surface area contributed by atoms with Crippen LogP contribution in [-0.2, 0) is 10.1 Å². The van der Waals surface area contributed by atoms with Crippen LogP contribution < -0.4 is 29.6 Å². The zero-order valence-corrected chi connectivity index (χ0v) is 18.1. The van der Waals surface area contributed by atoms with Crippen LogP contribution >= 0.6 is 0 Å². The molecule has 0 saturated heterocycles. The Labute approximate surface area is 165 Å². The van der Waals surface area contributed by atoms with Gasteiger partial charge >= 0.3 is 29.6 Å². The van der Waals surface area contributed by atoms with Gasteiger partial charge in [0.05, 0.1) is 10.1 Å². The third-order valence-electron chi connectivity index (χ3n) is 4.22. The fourth-order valence-corrected chi connectivity index (χ4v) is 3.69. The molecule has 0 aliphatic heterocycles. The molecule has 0 radical (unpaired) electrons. The van der Waals surface area contributed by atoms with Crippen LogP contribution in [0.15, 0.2) is 0 Å². The van der Waals surface area contributed by atoms with Gasteiger partial charge in [0.15, 0.2) is 0 Å². The van der Waals surface area contributed by atoms with E-state index in [1.54, 1.807) is 0 Å². The average molecular weight is 359 g/mol. The van der Waals surface area contributed by atoms with Gasteiger partial charge in [0.2, 0.25) is 0 Å². The Balaban J connectivity index is 0. The molecule has 0 aromatic heterocycles. The fraction of sp³-hybridized carbons (Fsp3) is 1.00. The van der Waals surface area contributed by atoms with Gasteiger partial charge in [-0.25, -0.2) is 8.42 Å². The zero-order chi connectivity index (χ0) is 16.7. The van der Waals surface area contributed by atoms with Crippen LogP contribution in [0.1, 0.15) is 96.8 Å². The van der Waals surface area contributed by atoms with Gasteiger partial charge in [-0.3, -0.25) is 0 Å². The van der Waals surface area contributed by atoms with Crippen molar-refractivity contribution >= 4 is 10.1 Å². The van der Waals surface area contributed by atoms with Crippen molar-refractivity contribution in [3.63, 3.8) is 0 Å². The largest absolute Gasteiger partial charge is 1.00 e. The van der Waals surface area contributed by atoms with E-state index in [0.717, 1.165) is 44.9 Å². The number of hydrogen-bond donors (Lipinski definition) is 1. The maximum Gasteiger partial charge on any atom is 1.00 e. The zero-order valence-electron chi connectivity index (χ0n) is 15.3. The van der Waals surface area contributed by atoms with Crippen LogP contribution in [0, 0.1) is 0 Å². The van der Waals surface area contributed by atoms with Gasteiger partial charge in [0, 0.05) is 11.9 Å². The molecule has 0 heterocycles. The molecule has 0 saturated carbocycles. The maximum atomic E-state index is 11.3. The van der Waals surface area contributed by atoms with Crippen molar-refractivity contribution < 1.29 is 47.6 Å². The fourth-order valence-electron chi connectivity index (χ4n) is 2.78. The van der Waals surface area contributed by atoms with Crippen LogP contribution in [0.3, 0.4) is 0 Å². The second kappa shape index (κ2) is 17.7. The minimum absolute atomic E-state index is 0. The average Bonchev–Trinajstić information content (AvgIpc) is 2.46. The second-order valence-electron chi connectivity index (χ2n) is 6.30. The summed E-state index contributed by atoms with van der Waals surface area (Å²) in [5.41, 5.74) is 0. The smallest absolute Gasteiger partial charge is 0.748 e. The van der Waals surface area contributed by atoms with Crippen molar-refractivity contribution in [2.75, 3.05) is 6.61 Å². The summed E-state index contributed by atoms with van der Waals surface area (Å²) in [6.07, 6.45) is 13.7. The number of aliphatic hydroxyl groups is 1. The second-order valence-corrected chi connectivity index (χ2v) is 7.96. The first-order valence-corrected chi connectivity index (χ1v) is 10.5. The predicted octanol–water partition coefficient (Wildman–Crippen LogP) is 1.38. The number of rotatable bonds is 16. The molecule has 1 N–H and O–H groups in total. The summed E-state index contributed by atoms with van der Waals surface area (Å²) in [7, 11) is -4.16. The van der Waals surface area contributed by atoms with Gasteiger partial charge in [-0.1, -0.05) is 77.6 Å². The van der Waals surface area contributed by atoms with E-state index in [4.69, 9.17) is 5.11 Å². The van der Waals surface area contributed by atoms with E-state index in [2.05, 4.69) is 6.92 Å². The molecular weight excluding hydrogens is 323 g/mol. The van der Waals surface area contributed by atoms with E-state index in [0.29, 0.717) is 12.8 Å². The van der Waals surface area contributed by atoms with Crippen LogP contribution in [0.4, 0.5) is 0 Å². The molecular formula is C17H35NaO4S. The Hall–Kier alpha value is 0.870. The normalized spacial score (nSPS) is 12.8. The Morgan fingerprint density at radius 2 is 1.17 bits per heavy atom. The number of hydrogen-bond acceptors (Lipinski definition) is 4. The summed E-state index contributed by atoms with van der Waals surface area (Å²) >= 11 is 0. The maximum absolute atomic E-state index is 11.3. The molecule has 0 spiro atoms. The Kier molecular flexibility index (Phi) is 20.1. The first-order valence-electron chi connectivity index (χ1n) is 9.08. The first kappa shape index (κ1) is 26.1. The third-order valence-corrected chi connectivity index (χ3v) is 5.51.